The van der Waals surface area contributed by atoms with Crippen molar-refractivity contribution in [3.8, 4) is 91.2 Å². The number of rotatable bonds is 0. The van der Waals surface area contributed by atoms with Gasteiger partial charge in [0.15, 0.2) is 70.6 Å². The third-order valence-electron chi connectivity index (χ3n) is 9.11. The summed E-state index contributed by atoms with van der Waals surface area (Å²) in [6, 6.07) is 1.96. The van der Waals surface area contributed by atoms with Crippen LogP contribution in [-0.2, 0) is 23.7 Å². The van der Waals surface area contributed by atoms with E-state index in [0.717, 1.165) is 0 Å². The van der Waals surface area contributed by atoms with E-state index in [4.69, 9.17) is 23.7 Å². The lowest BCUT2D eigenvalue weighted by Crippen LogP contribution is -2.62. The number of aromatic hydroxyl groups is 12. The highest BCUT2D eigenvalue weighted by atomic mass is 16.7. The van der Waals surface area contributed by atoms with Crippen LogP contribution < -0.4 is 0 Å². The molecule has 3 aliphatic rings. The van der Waals surface area contributed by atoms with Gasteiger partial charge in [-0.05, 0) is 24.3 Å². The van der Waals surface area contributed by atoms with Gasteiger partial charge < -0.3 is 90.1 Å². The van der Waals surface area contributed by atoms with Gasteiger partial charge in [-0.1, -0.05) is 0 Å². The van der Waals surface area contributed by atoms with Gasteiger partial charge in [-0.25, -0.2) is 19.2 Å². The van der Waals surface area contributed by atoms with Gasteiger partial charge in [-0.3, -0.25) is 0 Å². The number of aliphatic hydroxyl groups excluding tert-OH is 1. The van der Waals surface area contributed by atoms with E-state index in [1.54, 1.807) is 0 Å². The number of phenols is 12. The fourth-order valence-corrected chi connectivity index (χ4v) is 6.46. The van der Waals surface area contributed by atoms with Crippen molar-refractivity contribution in [2.75, 3.05) is 6.61 Å². The third-order valence-corrected chi connectivity index (χ3v) is 9.11. The summed E-state index contributed by atoms with van der Waals surface area (Å²) in [5.74, 6) is -21.9. The van der Waals surface area contributed by atoms with E-state index >= 15 is 0 Å². The Kier molecular flexibility index (Phi) is 8.31. The Morgan fingerprint density at radius 1 is 0.411 bits per heavy atom. The average molecular weight is 785 g/mol. The van der Waals surface area contributed by atoms with Crippen molar-refractivity contribution in [2.24, 2.45) is 0 Å². The summed E-state index contributed by atoms with van der Waals surface area (Å²) < 4.78 is 27.2. The number of hydrogen-bond acceptors (Lipinski definition) is 22. The highest BCUT2D eigenvalue weighted by Gasteiger charge is 2.54. The minimum absolute atomic E-state index is 0.465. The molecule has 22 nitrogen and oxygen atoms in total. The fraction of sp³-hybridized carbons (Fsp3) is 0.176. The van der Waals surface area contributed by atoms with Gasteiger partial charge in [0.25, 0.3) is 0 Å². The molecule has 0 bridgehead atoms. The zero-order valence-electron chi connectivity index (χ0n) is 27.4. The molecule has 5 atom stereocenters. The van der Waals surface area contributed by atoms with E-state index in [-0.39, 0.29) is 0 Å². The predicted octanol–water partition coefficient (Wildman–Crippen LogP) is 0.665. The fourth-order valence-electron chi connectivity index (χ4n) is 6.46. The number of phenolic OH excluding ortho intramolecular Hbond substituents is 12. The van der Waals surface area contributed by atoms with E-state index < -0.39 is 175 Å². The van der Waals surface area contributed by atoms with Crippen LogP contribution in [0.2, 0.25) is 0 Å². The van der Waals surface area contributed by atoms with Gasteiger partial charge in [0.1, 0.15) is 12.7 Å². The Hall–Kier alpha value is -7.72. The Balaban J connectivity index is 1.44. The van der Waals surface area contributed by atoms with E-state index in [1.807, 2.05) is 0 Å². The standard InChI is InChI=1S/C34H24O22/c35-10-1-6-15(23(43)19(10)39)16-7(2-11(36)20(40)24(16)44)31(48)54-27-14(5-52-30(6)47)53-34(51)29-28(27)55-32(49)8-3-12(37)21(41)25(45)17(8)18-9(33(50)56-29)4-13(38)22(42)26(18)46/h1-4,14,27-29,34-46,51H,5H2/t14-,27+,28-,29-,34+/m0/s1. The van der Waals surface area contributed by atoms with Crippen molar-refractivity contribution in [3.63, 3.8) is 0 Å². The zero-order valence-corrected chi connectivity index (χ0v) is 27.4. The molecule has 3 heterocycles. The second-order valence-electron chi connectivity index (χ2n) is 12.3. The maximum absolute atomic E-state index is 14.1. The maximum atomic E-state index is 14.1. The molecule has 13 N–H and O–H groups in total. The van der Waals surface area contributed by atoms with Gasteiger partial charge in [0.2, 0.25) is 23.0 Å². The smallest absolute Gasteiger partial charge is 0.339 e. The predicted molar refractivity (Wildman–Crippen MR) is 173 cm³/mol. The summed E-state index contributed by atoms with van der Waals surface area (Å²) in [7, 11) is 0. The van der Waals surface area contributed by atoms with E-state index in [1.165, 1.54) is 0 Å². The molecule has 4 aromatic carbocycles. The van der Waals surface area contributed by atoms with Crippen molar-refractivity contribution in [3.05, 3.63) is 46.5 Å². The Morgan fingerprint density at radius 2 is 0.714 bits per heavy atom. The number of fused-ring (bicyclic) bond motifs is 9. The molecule has 0 amide bonds. The van der Waals surface area contributed by atoms with Crippen LogP contribution >= 0.6 is 0 Å². The number of aliphatic hydroxyl groups is 1. The molecule has 56 heavy (non-hydrogen) atoms. The van der Waals surface area contributed by atoms with Gasteiger partial charge in [-0.15, -0.1) is 0 Å². The summed E-state index contributed by atoms with van der Waals surface area (Å²) in [5, 5.41) is 137. The molecular weight excluding hydrogens is 760 g/mol. The van der Waals surface area contributed by atoms with Crippen LogP contribution in [0.3, 0.4) is 0 Å². The second kappa shape index (κ2) is 12.7. The number of ether oxygens (including phenoxy) is 5. The van der Waals surface area contributed by atoms with Crippen LogP contribution in [0.5, 0.6) is 69.0 Å². The van der Waals surface area contributed by atoms with E-state index in [2.05, 4.69) is 0 Å². The molecule has 0 spiro atoms. The summed E-state index contributed by atoms with van der Waals surface area (Å²) in [5.41, 5.74) is -7.76. The first kappa shape index (κ1) is 36.6. The average Bonchev–Trinajstić information content (AvgIpc) is 3.16. The Bertz CT molecular complexity index is 2440. The monoisotopic (exact) mass is 784 g/mol. The van der Waals surface area contributed by atoms with Crippen molar-refractivity contribution < 1.29 is 109 Å². The molecule has 0 saturated carbocycles. The molecule has 7 rings (SSSR count). The first-order chi connectivity index (χ1) is 26.3. The Morgan fingerprint density at radius 3 is 1.07 bits per heavy atom. The van der Waals surface area contributed by atoms with Gasteiger partial charge in [0, 0.05) is 22.3 Å². The first-order valence-electron chi connectivity index (χ1n) is 15.6. The topological polar surface area (TPSA) is 377 Å². The number of hydrogen-bond donors (Lipinski definition) is 13. The summed E-state index contributed by atoms with van der Waals surface area (Å²) in [4.78, 5) is 55.3. The zero-order chi connectivity index (χ0) is 40.8. The third kappa shape index (κ3) is 5.34. The lowest BCUT2D eigenvalue weighted by atomic mass is 9.91. The number of carbonyl (C=O) groups is 4. The van der Waals surface area contributed by atoms with Crippen LogP contribution in [0.1, 0.15) is 41.4 Å². The van der Waals surface area contributed by atoms with E-state index in [9.17, 15) is 85.6 Å². The number of cyclic esters (lactones) is 1. The van der Waals surface area contributed by atoms with Crippen LogP contribution in [0, 0.1) is 0 Å². The summed E-state index contributed by atoms with van der Waals surface area (Å²) in [6.45, 7) is -1.08. The molecule has 1 saturated heterocycles. The normalized spacial score (nSPS) is 21.8. The molecule has 3 aliphatic heterocycles. The lowest BCUT2D eigenvalue weighted by molar-refractivity contribution is -0.284. The van der Waals surface area contributed by atoms with Gasteiger partial charge in [-0.2, -0.15) is 0 Å². The molecule has 292 valence electrons. The van der Waals surface area contributed by atoms with Crippen molar-refractivity contribution in [1.29, 1.82) is 0 Å². The largest absolute Gasteiger partial charge is 0.504 e. The minimum atomic E-state index is -2.40. The highest BCUT2D eigenvalue weighted by molar-refractivity contribution is 6.10. The number of benzene rings is 4. The molecular formula is C34H24O22. The SMILES string of the molecule is O=C1OC[C@@H]2O[C@@H](O)[C@H]3OC(=O)c4cc(O)c(O)c(O)c4-c4c(cc(O)c(O)c4O)C(=O)O[C@H]3[C@@H]2OC(=O)c2cc(O)c(O)c(O)c2-c2c1cc(O)c(O)c2O. The molecule has 0 radical (unpaired) electrons. The molecule has 0 aromatic heterocycles. The molecule has 1 fully saturated rings. The van der Waals surface area contributed by atoms with Gasteiger partial charge >= 0.3 is 23.9 Å². The number of esters is 4. The molecule has 4 aromatic rings. The van der Waals surface area contributed by atoms with Crippen molar-refractivity contribution in [1.82, 2.24) is 0 Å². The summed E-state index contributed by atoms with van der Waals surface area (Å²) in [6.07, 6.45) is -11.1. The quantitative estimate of drug-likeness (QED) is 0.0661. The van der Waals surface area contributed by atoms with Gasteiger partial charge in [0.05, 0.1) is 22.3 Å². The minimum Gasteiger partial charge on any atom is -0.504 e. The van der Waals surface area contributed by atoms with Crippen LogP contribution in [-0.4, -0.2) is 128 Å². The van der Waals surface area contributed by atoms with Crippen molar-refractivity contribution in [2.45, 2.75) is 30.7 Å². The van der Waals surface area contributed by atoms with Crippen LogP contribution in [0.25, 0.3) is 22.3 Å². The Labute approximate surface area is 308 Å². The first-order valence-corrected chi connectivity index (χ1v) is 15.6. The second-order valence-corrected chi connectivity index (χ2v) is 12.3. The van der Waals surface area contributed by atoms with Crippen molar-refractivity contribution >= 4 is 23.9 Å². The highest BCUT2D eigenvalue weighted by Crippen LogP contribution is 2.55. The maximum Gasteiger partial charge on any atom is 0.339 e. The van der Waals surface area contributed by atoms with Crippen LogP contribution in [0.15, 0.2) is 24.3 Å². The summed E-state index contributed by atoms with van der Waals surface area (Å²) >= 11 is 0. The number of carbonyl (C=O) groups excluding carboxylic acids is 4. The molecule has 22 heteroatoms. The van der Waals surface area contributed by atoms with Crippen LogP contribution in [0.4, 0.5) is 0 Å². The van der Waals surface area contributed by atoms with E-state index in [0.29, 0.717) is 24.3 Å². The molecule has 0 aliphatic carbocycles. The lowest BCUT2D eigenvalue weighted by Gasteiger charge is -2.43. The molecule has 0 unspecified atom stereocenters.